The molecule has 0 aliphatic heterocycles. The van der Waals surface area contributed by atoms with Crippen molar-refractivity contribution in [3.8, 4) is 11.8 Å². The summed E-state index contributed by atoms with van der Waals surface area (Å²) in [6.07, 6.45) is 2.62. The van der Waals surface area contributed by atoms with Crippen LogP contribution >= 0.6 is 0 Å². The van der Waals surface area contributed by atoms with E-state index in [1.165, 1.54) is 10.9 Å². The fourth-order valence-corrected chi connectivity index (χ4v) is 1.84. The molecule has 0 amide bonds. The van der Waals surface area contributed by atoms with Crippen molar-refractivity contribution in [2.24, 2.45) is 0 Å². The summed E-state index contributed by atoms with van der Waals surface area (Å²) < 4.78 is 5.52. The second-order valence-corrected chi connectivity index (χ2v) is 3.66. The molecule has 2 rings (SSSR count). The van der Waals surface area contributed by atoms with Gasteiger partial charge in [-0.25, -0.2) is 0 Å². The standard InChI is InChI=1S/C14H15NO/c1-3-4-8-13(15-2)12-10-16-14-9-6-5-7-11(12)14/h5-7,9-10,13,15H,8H2,1-2H3. The Balaban J connectivity index is 2.39. The average molecular weight is 213 g/mol. The number of para-hydroxylation sites is 1. The summed E-state index contributed by atoms with van der Waals surface area (Å²) in [6.45, 7) is 1.86. The van der Waals surface area contributed by atoms with Gasteiger partial charge in [0.25, 0.3) is 0 Å². The van der Waals surface area contributed by atoms with Gasteiger partial charge in [-0.3, -0.25) is 0 Å². The van der Waals surface area contributed by atoms with Crippen LogP contribution in [0.15, 0.2) is 34.9 Å². The van der Waals surface area contributed by atoms with Crippen LogP contribution in [0, 0.1) is 11.8 Å². The van der Waals surface area contributed by atoms with Gasteiger partial charge in [0.15, 0.2) is 0 Å². The second kappa shape index (κ2) is 4.87. The minimum Gasteiger partial charge on any atom is -0.464 e. The molecule has 0 spiro atoms. The minimum atomic E-state index is 0.232. The fraction of sp³-hybridized carbons (Fsp3) is 0.286. The molecular weight excluding hydrogens is 198 g/mol. The quantitative estimate of drug-likeness (QED) is 0.792. The lowest BCUT2D eigenvalue weighted by Crippen LogP contribution is -2.15. The second-order valence-electron chi connectivity index (χ2n) is 3.66. The van der Waals surface area contributed by atoms with E-state index >= 15 is 0 Å². The number of nitrogens with one attached hydrogen (secondary N) is 1. The van der Waals surface area contributed by atoms with Gasteiger partial charge in [0.05, 0.1) is 6.26 Å². The molecule has 0 saturated carbocycles. The Morgan fingerprint density at radius 3 is 2.94 bits per heavy atom. The van der Waals surface area contributed by atoms with Crippen molar-refractivity contribution in [3.63, 3.8) is 0 Å². The van der Waals surface area contributed by atoms with Crippen molar-refractivity contribution >= 4 is 11.0 Å². The molecule has 1 aromatic carbocycles. The van der Waals surface area contributed by atoms with Crippen molar-refractivity contribution in [1.82, 2.24) is 5.32 Å². The molecule has 0 fully saturated rings. The Morgan fingerprint density at radius 1 is 1.38 bits per heavy atom. The van der Waals surface area contributed by atoms with Crippen molar-refractivity contribution in [2.45, 2.75) is 19.4 Å². The highest BCUT2D eigenvalue weighted by atomic mass is 16.3. The molecule has 2 aromatic rings. The van der Waals surface area contributed by atoms with Crippen LogP contribution in [0.3, 0.4) is 0 Å². The number of hydrogen-bond acceptors (Lipinski definition) is 2. The Hall–Kier alpha value is -1.72. The zero-order chi connectivity index (χ0) is 11.4. The third-order valence-electron chi connectivity index (χ3n) is 2.72. The molecule has 1 heterocycles. The lowest BCUT2D eigenvalue weighted by Gasteiger charge is -2.11. The monoisotopic (exact) mass is 213 g/mol. The largest absolute Gasteiger partial charge is 0.464 e. The van der Waals surface area contributed by atoms with E-state index in [0.29, 0.717) is 0 Å². The lowest BCUT2D eigenvalue weighted by molar-refractivity contribution is 0.573. The van der Waals surface area contributed by atoms with Gasteiger partial charge in [0, 0.05) is 23.4 Å². The number of hydrogen-bond donors (Lipinski definition) is 1. The number of benzene rings is 1. The molecule has 1 atom stereocenters. The molecule has 0 bridgehead atoms. The molecule has 2 heteroatoms. The van der Waals surface area contributed by atoms with E-state index in [1.54, 1.807) is 0 Å². The van der Waals surface area contributed by atoms with Gasteiger partial charge in [-0.1, -0.05) is 18.2 Å². The first-order chi connectivity index (χ1) is 7.86. The third-order valence-corrected chi connectivity index (χ3v) is 2.72. The Morgan fingerprint density at radius 2 is 2.19 bits per heavy atom. The molecule has 82 valence electrons. The third kappa shape index (κ3) is 1.95. The predicted molar refractivity (Wildman–Crippen MR) is 66.1 cm³/mol. The summed E-state index contributed by atoms with van der Waals surface area (Å²) in [5.41, 5.74) is 2.11. The molecule has 1 N–H and O–H groups in total. The van der Waals surface area contributed by atoms with Gasteiger partial charge in [0.1, 0.15) is 5.58 Å². The lowest BCUT2D eigenvalue weighted by atomic mass is 10.0. The number of furan rings is 1. The van der Waals surface area contributed by atoms with Gasteiger partial charge in [-0.15, -0.1) is 11.8 Å². The number of rotatable bonds is 3. The van der Waals surface area contributed by atoms with Crippen LogP contribution < -0.4 is 5.32 Å². The first kappa shape index (κ1) is 10.8. The molecule has 2 nitrogen and oxygen atoms in total. The van der Waals surface area contributed by atoms with Gasteiger partial charge in [-0.05, 0) is 20.0 Å². The topological polar surface area (TPSA) is 25.2 Å². The van der Waals surface area contributed by atoms with Gasteiger partial charge >= 0.3 is 0 Å². The highest BCUT2D eigenvalue weighted by Crippen LogP contribution is 2.27. The molecule has 16 heavy (non-hydrogen) atoms. The molecule has 0 aliphatic rings. The van der Waals surface area contributed by atoms with E-state index in [9.17, 15) is 0 Å². The summed E-state index contributed by atoms with van der Waals surface area (Å²) in [6, 6.07) is 8.31. The summed E-state index contributed by atoms with van der Waals surface area (Å²) in [4.78, 5) is 0. The minimum absolute atomic E-state index is 0.232. The SMILES string of the molecule is CC#CCC(NC)c1coc2ccccc12. The average Bonchev–Trinajstić information content (AvgIpc) is 2.75. The van der Waals surface area contributed by atoms with E-state index in [0.717, 1.165) is 12.0 Å². The highest BCUT2D eigenvalue weighted by Gasteiger charge is 2.13. The van der Waals surface area contributed by atoms with Crippen molar-refractivity contribution in [2.75, 3.05) is 7.05 Å². The van der Waals surface area contributed by atoms with Gasteiger partial charge < -0.3 is 9.73 Å². The molecule has 0 radical (unpaired) electrons. The van der Waals surface area contributed by atoms with Crippen LogP contribution in [-0.2, 0) is 0 Å². The maximum Gasteiger partial charge on any atom is 0.134 e. The van der Waals surface area contributed by atoms with E-state index in [-0.39, 0.29) is 6.04 Å². The number of fused-ring (bicyclic) bond motifs is 1. The van der Waals surface area contributed by atoms with Crippen LogP contribution in [0.1, 0.15) is 24.9 Å². The van der Waals surface area contributed by atoms with Crippen LogP contribution in [0.4, 0.5) is 0 Å². The summed E-state index contributed by atoms with van der Waals surface area (Å²) in [5.74, 6) is 6.02. The summed E-state index contributed by atoms with van der Waals surface area (Å²) in [7, 11) is 1.95. The van der Waals surface area contributed by atoms with E-state index in [1.807, 2.05) is 38.4 Å². The summed E-state index contributed by atoms with van der Waals surface area (Å²) >= 11 is 0. The van der Waals surface area contributed by atoms with E-state index in [2.05, 4.69) is 23.2 Å². The van der Waals surface area contributed by atoms with E-state index < -0.39 is 0 Å². The molecular formula is C14H15NO. The Bertz CT molecular complexity index is 530. The Kier molecular flexibility index (Phi) is 3.28. The summed E-state index contributed by atoms with van der Waals surface area (Å²) in [5, 5.41) is 4.44. The van der Waals surface area contributed by atoms with E-state index in [4.69, 9.17) is 4.42 Å². The zero-order valence-corrected chi connectivity index (χ0v) is 9.58. The van der Waals surface area contributed by atoms with Gasteiger partial charge in [0.2, 0.25) is 0 Å². The molecule has 1 aromatic heterocycles. The predicted octanol–water partition coefficient (Wildman–Crippen LogP) is 3.11. The van der Waals surface area contributed by atoms with Crippen molar-refractivity contribution in [3.05, 3.63) is 36.1 Å². The fourth-order valence-electron chi connectivity index (χ4n) is 1.84. The van der Waals surface area contributed by atoms with Crippen LogP contribution in [0.5, 0.6) is 0 Å². The highest BCUT2D eigenvalue weighted by molar-refractivity contribution is 5.81. The zero-order valence-electron chi connectivity index (χ0n) is 9.58. The van der Waals surface area contributed by atoms with Crippen molar-refractivity contribution in [1.29, 1.82) is 0 Å². The van der Waals surface area contributed by atoms with Crippen LogP contribution in [-0.4, -0.2) is 7.05 Å². The van der Waals surface area contributed by atoms with Crippen LogP contribution in [0.25, 0.3) is 11.0 Å². The maximum absolute atomic E-state index is 5.52. The molecule has 1 unspecified atom stereocenters. The van der Waals surface area contributed by atoms with Crippen LogP contribution in [0.2, 0.25) is 0 Å². The first-order valence-electron chi connectivity index (χ1n) is 5.40. The smallest absolute Gasteiger partial charge is 0.134 e. The Labute approximate surface area is 95.6 Å². The molecule has 0 saturated heterocycles. The van der Waals surface area contributed by atoms with Crippen molar-refractivity contribution < 1.29 is 4.42 Å². The first-order valence-corrected chi connectivity index (χ1v) is 5.40. The molecule has 0 aliphatic carbocycles. The normalized spacial score (nSPS) is 12.1. The van der Waals surface area contributed by atoms with Gasteiger partial charge in [-0.2, -0.15) is 0 Å². The maximum atomic E-state index is 5.52.